The molecule has 1 atom stereocenters. The minimum atomic E-state index is 0.957. The van der Waals surface area contributed by atoms with Gasteiger partial charge in [0.2, 0.25) is 0 Å². The summed E-state index contributed by atoms with van der Waals surface area (Å²) in [6.45, 7) is 6.04. The Labute approximate surface area is 105 Å². The van der Waals surface area contributed by atoms with E-state index in [0.29, 0.717) is 0 Å². The van der Waals surface area contributed by atoms with Crippen LogP contribution in [0.3, 0.4) is 0 Å². The molecule has 0 N–H and O–H groups in total. The van der Waals surface area contributed by atoms with Gasteiger partial charge in [-0.15, -0.1) is 11.3 Å². The first-order valence-electron chi connectivity index (χ1n) is 5.74. The highest BCUT2D eigenvalue weighted by molar-refractivity contribution is 9.11. The molecule has 0 aromatic carbocycles. The van der Waals surface area contributed by atoms with Crippen LogP contribution in [-0.4, -0.2) is 18.0 Å². The summed E-state index contributed by atoms with van der Waals surface area (Å²) >= 11 is 5.38. The number of halogens is 1. The molecule has 0 amide bonds. The average molecular weight is 288 g/mol. The lowest BCUT2D eigenvalue weighted by atomic mass is 10.0. The van der Waals surface area contributed by atoms with E-state index in [4.69, 9.17) is 0 Å². The molecule has 2 heterocycles. The second-order valence-electron chi connectivity index (χ2n) is 4.38. The Morgan fingerprint density at radius 3 is 3.07 bits per heavy atom. The van der Waals surface area contributed by atoms with Gasteiger partial charge in [-0.2, -0.15) is 0 Å². The predicted molar refractivity (Wildman–Crippen MR) is 70.3 cm³/mol. The van der Waals surface area contributed by atoms with Crippen molar-refractivity contribution in [3.8, 4) is 0 Å². The first kappa shape index (κ1) is 11.6. The number of hydrogen-bond acceptors (Lipinski definition) is 2. The van der Waals surface area contributed by atoms with Gasteiger partial charge in [0.05, 0.1) is 3.79 Å². The molecule has 2 rings (SSSR count). The molecule has 3 heteroatoms. The molecule has 1 unspecified atom stereocenters. The van der Waals surface area contributed by atoms with E-state index in [1.54, 1.807) is 0 Å². The number of rotatable bonds is 4. The van der Waals surface area contributed by atoms with Crippen LogP contribution in [0.15, 0.2) is 15.9 Å². The lowest BCUT2D eigenvalue weighted by molar-refractivity contribution is 0.315. The van der Waals surface area contributed by atoms with Crippen molar-refractivity contribution >= 4 is 27.3 Å². The fourth-order valence-corrected chi connectivity index (χ4v) is 3.88. The van der Waals surface area contributed by atoms with Crippen molar-refractivity contribution in [2.45, 2.75) is 32.7 Å². The summed E-state index contributed by atoms with van der Waals surface area (Å²) in [5.74, 6) is 0.957. The Hall–Kier alpha value is 0.140. The fraction of sp³-hybridized carbons (Fsp3) is 0.667. The Morgan fingerprint density at radius 1 is 1.53 bits per heavy atom. The number of likely N-dealkylation sites (tertiary alicyclic amines) is 1. The molecule has 1 fully saturated rings. The van der Waals surface area contributed by atoms with Crippen LogP contribution in [0, 0.1) is 5.92 Å². The smallest absolute Gasteiger partial charge is 0.0701 e. The Bertz CT molecular complexity index is 310. The van der Waals surface area contributed by atoms with Crippen molar-refractivity contribution in [2.75, 3.05) is 13.1 Å². The third kappa shape index (κ3) is 3.30. The van der Waals surface area contributed by atoms with Crippen LogP contribution in [0.25, 0.3) is 0 Å². The zero-order chi connectivity index (χ0) is 10.7. The van der Waals surface area contributed by atoms with Crippen LogP contribution in [0.1, 0.15) is 31.1 Å². The molecule has 0 radical (unpaired) electrons. The van der Waals surface area contributed by atoms with Gasteiger partial charge in [0.1, 0.15) is 0 Å². The van der Waals surface area contributed by atoms with Crippen molar-refractivity contribution in [3.05, 3.63) is 20.8 Å². The summed E-state index contributed by atoms with van der Waals surface area (Å²) in [5.41, 5.74) is 0. The molecule has 15 heavy (non-hydrogen) atoms. The van der Waals surface area contributed by atoms with Crippen LogP contribution >= 0.6 is 27.3 Å². The quantitative estimate of drug-likeness (QED) is 0.805. The summed E-state index contributed by atoms with van der Waals surface area (Å²) < 4.78 is 1.25. The fourth-order valence-electron chi connectivity index (χ4n) is 2.36. The largest absolute Gasteiger partial charge is 0.298 e. The molecule has 1 aromatic heterocycles. The monoisotopic (exact) mass is 287 g/mol. The minimum Gasteiger partial charge on any atom is -0.298 e. The molecule has 84 valence electrons. The van der Waals surface area contributed by atoms with Gasteiger partial charge in [-0.1, -0.05) is 13.3 Å². The molecule has 0 bridgehead atoms. The molecule has 0 aliphatic carbocycles. The number of hydrogen-bond donors (Lipinski definition) is 0. The highest BCUT2D eigenvalue weighted by atomic mass is 79.9. The van der Waals surface area contributed by atoms with Gasteiger partial charge >= 0.3 is 0 Å². The van der Waals surface area contributed by atoms with Crippen LogP contribution in [-0.2, 0) is 6.54 Å². The molecular formula is C12H18BrNS. The van der Waals surface area contributed by atoms with Gasteiger partial charge in [0.25, 0.3) is 0 Å². The highest BCUT2D eigenvalue weighted by Gasteiger charge is 2.21. The minimum absolute atomic E-state index is 0.957. The van der Waals surface area contributed by atoms with Crippen molar-refractivity contribution in [1.29, 1.82) is 0 Å². The van der Waals surface area contributed by atoms with Crippen LogP contribution in [0.5, 0.6) is 0 Å². The maximum absolute atomic E-state index is 3.52. The third-order valence-corrected chi connectivity index (χ3v) is 4.68. The van der Waals surface area contributed by atoms with Gasteiger partial charge < -0.3 is 0 Å². The van der Waals surface area contributed by atoms with Gasteiger partial charge in [0.15, 0.2) is 0 Å². The predicted octanol–water partition coefficient (Wildman–Crippen LogP) is 4.13. The van der Waals surface area contributed by atoms with Crippen LogP contribution in [0.4, 0.5) is 0 Å². The van der Waals surface area contributed by atoms with Crippen molar-refractivity contribution in [1.82, 2.24) is 4.90 Å². The highest BCUT2D eigenvalue weighted by Crippen LogP contribution is 2.27. The summed E-state index contributed by atoms with van der Waals surface area (Å²) in [6.07, 6.45) is 4.15. The maximum atomic E-state index is 3.52. The van der Waals surface area contributed by atoms with Crippen LogP contribution in [0.2, 0.25) is 0 Å². The zero-order valence-electron chi connectivity index (χ0n) is 9.21. The van der Waals surface area contributed by atoms with E-state index in [-0.39, 0.29) is 0 Å². The van der Waals surface area contributed by atoms with E-state index >= 15 is 0 Å². The Morgan fingerprint density at radius 2 is 2.40 bits per heavy atom. The summed E-state index contributed by atoms with van der Waals surface area (Å²) in [6, 6.07) is 4.39. The van der Waals surface area contributed by atoms with E-state index in [9.17, 15) is 0 Å². The average Bonchev–Trinajstić information content (AvgIpc) is 2.78. The molecule has 1 nitrogen and oxygen atoms in total. The number of thiophene rings is 1. The van der Waals surface area contributed by atoms with Crippen LogP contribution < -0.4 is 0 Å². The molecule has 1 aliphatic rings. The summed E-state index contributed by atoms with van der Waals surface area (Å²) in [5, 5.41) is 0. The van der Waals surface area contributed by atoms with E-state index in [1.165, 1.54) is 41.0 Å². The maximum Gasteiger partial charge on any atom is 0.0701 e. The van der Waals surface area contributed by atoms with E-state index in [1.807, 2.05) is 11.3 Å². The number of nitrogens with zero attached hydrogens (tertiary/aromatic N) is 1. The van der Waals surface area contributed by atoms with Crippen molar-refractivity contribution < 1.29 is 0 Å². The summed E-state index contributed by atoms with van der Waals surface area (Å²) in [7, 11) is 0. The Balaban J connectivity index is 1.82. The molecular weight excluding hydrogens is 270 g/mol. The van der Waals surface area contributed by atoms with E-state index < -0.39 is 0 Å². The van der Waals surface area contributed by atoms with Crippen molar-refractivity contribution in [3.63, 3.8) is 0 Å². The molecule has 0 spiro atoms. The zero-order valence-corrected chi connectivity index (χ0v) is 11.6. The van der Waals surface area contributed by atoms with Crippen molar-refractivity contribution in [2.24, 2.45) is 5.92 Å². The van der Waals surface area contributed by atoms with Gasteiger partial charge in [0, 0.05) is 18.0 Å². The first-order chi connectivity index (χ1) is 7.28. The Kier molecular flexibility index (Phi) is 4.23. The van der Waals surface area contributed by atoms with Gasteiger partial charge in [-0.25, -0.2) is 0 Å². The van der Waals surface area contributed by atoms with Gasteiger partial charge in [-0.05, 0) is 53.4 Å². The lowest BCUT2D eigenvalue weighted by Crippen LogP contribution is -2.19. The second kappa shape index (κ2) is 5.46. The first-order valence-corrected chi connectivity index (χ1v) is 7.35. The van der Waals surface area contributed by atoms with E-state index in [2.05, 4.69) is 39.9 Å². The topological polar surface area (TPSA) is 3.24 Å². The molecule has 1 saturated heterocycles. The SMILES string of the molecule is CCCC1CCN(Cc2ccc(Br)s2)C1. The molecule has 0 saturated carbocycles. The standard InChI is InChI=1S/C12H18BrNS/c1-2-3-10-6-7-14(8-10)9-11-4-5-12(13)15-11/h4-5,10H,2-3,6-9H2,1H3. The third-order valence-electron chi connectivity index (χ3n) is 3.08. The summed E-state index contributed by atoms with van der Waals surface area (Å²) in [4.78, 5) is 4.08. The second-order valence-corrected chi connectivity index (χ2v) is 6.93. The molecule has 1 aliphatic heterocycles. The molecule has 1 aromatic rings. The normalized spacial score (nSPS) is 22.4. The van der Waals surface area contributed by atoms with Gasteiger partial charge in [-0.3, -0.25) is 4.90 Å². The lowest BCUT2D eigenvalue weighted by Gasteiger charge is -2.14. The van der Waals surface area contributed by atoms with E-state index in [0.717, 1.165) is 12.5 Å².